The first-order valence-corrected chi connectivity index (χ1v) is 7.29. The van der Waals surface area contributed by atoms with Crippen molar-refractivity contribution in [3.8, 4) is 0 Å². The van der Waals surface area contributed by atoms with Crippen LogP contribution in [0.4, 0.5) is 10.1 Å². The maximum Gasteiger partial charge on any atom is 0.272 e. The number of hydrogen-bond acceptors (Lipinski definition) is 5. The highest BCUT2D eigenvalue weighted by Gasteiger charge is 2.21. The number of nitrogens with one attached hydrogen (secondary N) is 2. The first kappa shape index (κ1) is 15.1. The van der Waals surface area contributed by atoms with Crippen LogP contribution in [0, 0.1) is 15.9 Å². The van der Waals surface area contributed by atoms with E-state index >= 15 is 0 Å². The topological polar surface area (TPSA) is 118 Å². The molecule has 1 heterocycles. The van der Waals surface area contributed by atoms with Crippen LogP contribution in [-0.4, -0.2) is 29.9 Å². The number of nitro benzene ring substituents is 1. The summed E-state index contributed by atoms with van der Waals surface area (Å²) in [5, 5.41) is 10.5. The molecule has 0 aliphatic carbocycles. The summed E-state index contributed by atoms with van der Waals surface area (Å²) < 4.78 is 39.7. The first-order chi connectivity index (χ1) is 9.90. The molecule has 2 aromatic rings. The number of aromatic nitrogens is 2. The van der Waals surface area contributed by atoms with Crippen LogP contribution in [-0.2, 0) is 16.4 Å². The standard InChI is InChI=1S/C11H11FN4O4S/c12-10-5-9(16(17)18)1-2-11(10)21(19,20)15-4-3-8-6-13-7-14-8/h1-2,5-7,15H,3-4H2,(H,13,14). The molecule has 0 amide bonds. The van der Waals surface area contributed by atoms with Crippen LogP contribution in [0.5, 0.6) is 0 Å². The average Bonchev–Trinajstić information content (AvgIpc) is 2.91. The Morgan fingerprint density at radius 3 is 2.76 bits per heavy atom. The fourth-order valence-electron chi connectivity index (χ4n) is 1.64. The number of nitro groups is 1. The van der Waals surface area contributed by atoms with Crippen LogP contribution in [0.2, 0.25) is 0 Å². The van der Waals surface area contributed by atoms with E-state index in [1.54, 1.807) is 6.20 Å². The molecular formula is C11H11FN4O4S. The summed E-state index contributed by atoms with van der Waals surface area (Å²) >= 11 is 0. The van der Waals surface area contributed by atoms with E-state index in [0.717, 1.165) is 17.8 Å². The molecule has 1 aromatic carbocycles. The van der Waals surface area contributed by atoms with E-state index in [9.17, 15) is 22.9 Å². The summed E-state index contributed by atoms with van der Waals surface area (Å²) in [7, 11) is -4.07. The molecule has 21 heavy (non-hydrogen) atoms. The molecule has 0 radical (unpaired) electrons. The van der Waals surface area contributed by atoms with E-state index in [1.165, 1.54) is 6.33 Å². The van der Waals surface area contributed by atoms with E-state index in [4.69, 9.17) is 0 Å². The van der Waals surface area contributed by atoms with Crippen molar-refractivity contribution in [2.75, 3.05) is 6.54 Å². The van der Waals surface area contributed by atoms with Gasteiger partial charge in [0, 0.05) is 30.9 Å². The fourth-order valence-corrected chi connectivity index (χ4v) is 2.73. The van der Waals surface area contributed by atoms with E-state index in [-0.39, 0.29) is 6.54 Å². The average molecular weight is 314 g/mol. The number of imidazole rings is 1. The van der Waals surface area contributed by atoms with Gasteiger partial charge in [-0.2, -0.15) is 0 Å². The third kappa shape index (κ3) is 3.61. The monoisotopic (exact) mass is 314 g/mol. The Morgan fingerprint density at radius 1 is 1.43 bits per heavy atom. The Kier molecular flexibility index (Phi) is 4.29. The smallest absolute Gasteiger partial charge is 0.272 e. The van der Waals surface area contributed by atoms with Gasteiger partial charge in [0.1, 0.15) is 10.7 Å². The maximum absolute atomic E-state index is 13.7. The lowest BCUT2D eigenvalue weighted by Gasteiger charge is -2.07. The third-order valence-corrected chi connectivity index (χ3v) is 4.15. The van der Waals surface area contributed by atoms with Crippen molar-refractivity contribution in [2.24, 2.45) is 0 Å². The van der Waals surface area contributed by atoms with Crippen molar-refractivity contribution in [3.63, 3.8) is 0 Å². The lowest BCUT2D eigenvalue weighted by molar-refractivity contribution is -0.385. The molecule has 0 unspecified atom stereocenters. The van der Waals surface area contributed by atoms with Gasteiger partial charge in [0.25, 0.3) is 5.69 Å². The Balaban J connectivity index is 2.10. The van der Waals surface area contributed by atoms with Crippen LogP contribution < -0.4 is 4.72 Å². The predicted octanol–water partition coefficient (Wildman–Crippen LogP) is 0.978. The number of non-ortho nitro benzene ring substituents is 1. The Morgan fingerprint density at radius 2 is 2.19 bits per heavy atom. The number of nitrogens with zero attached hydrogens (tertiary/aromatic N) is 2. The second kappa shape index (κ2) is 5.97. The largest absolute Gasteiger partial charge is 0.348 e. The molecule has 0 bridgehead atoms. The molecule has 0 spiro atoms. The van der Waals surface area contributed by atoms with Gasteiger partial charge in [-0.3, -0.25) is 10.1 Å². The molecule has 0 fully saturated rings. The summed E-state index contributed by atoms with van der Waals surface area (Å²) in [6.45, 7) is 0.0426. The van der Waals surface area contributed by atoms with Crippen molar-refractivity contribution in [1.29, 1.82) is 0 Å². The van der Waals surface area contributed by atoms with E-state index in [0.29, 0.717) is 12.5 Å². The van der Waals surface area contributed by atoms with Gasteiger partial charge in [0.2, 0.25) is 10.0 Å². The molecule has 0 saturated carbocycles. The van der Waals surface area contributed by atoms with Gasteiger partial charge in [-0.05, 0) is 6.07 Å². The molecule has 0 saturated heterocycles. The van der Waals surface area contributed by atoms with Crippen LogP contribution in [0.3, 0.4) is 0 Å². The summed E-state index contributed by atoms with van der Waals surface area (Å²) in [6, 6.07) is 2.38. The molecule has 0 atom stereocenters. The Bertz CT molecular complexity index is 746. The second-order valence-corrected chi connectivity index (χ2v) is 5.83. The zero-order valence-electron chi connectivity index (χ0n) is 10.6. The van der Waals surface area contributed by atoms with Crippen molar-refractivity contribution in [1.82, 2.24) is 14.7 Å². The normalized spacial score (nSPS) is 11.5. The summed E-state index contributed by atoms with van der Waals surface area (Å²) in [5.74, 6) is -1.17. The molecule has 8 nitrogen and oxygen atoms in total. The minimum absolute atomic E-state index is 0.0426. The molecule has 0 aliphatic rings. The van der Waals surface area contributed by atoms with Crippen LogP contribution in [0.1, 0.15) is 5.69 Å². The van der Waals surface area contributed by atoms with E-state index in [1.807, 2.05) is 0 Å². The summed E-state index contributed by atoms with van der Waals surface area (Å²) in [5.41, 5.74) is 0.214. The number of hydrogen-bond donors (Lipinski definition) is 2. The highest BCUT2D eigenvalue weighted by molar-refractivity contribution is 7.89. The van der Waals surface area contributed by atoms with Gasteiger partial charge < -0.3 is 4.98 Å². The maximum atomic E-state index is 13.7. The summed E-state index contributed by atoms with van der Waals surface area (Å²) in [6.07, 6.45) is 3.36. The fraction of sp³-hybridized carbons (Fsp3) is 0.182. The molecule has 0 aliphatic heterocycles. The van der Waals surface area contributed by atoms with Gasteiger partial charge in [-0.25, -0.2) is 22.5 Å². The Hall–Kier alpha value is -2.33. The third-order valence-electron chi connectivity index (χ3n) is 2.66. The van der Waals surface area contributed by atoms with Gasteiger partial charge in [-0.1, -0.05) is 0 Å². The van der Waals surface area contributed by atoms with E-state index < -0.39 is 31.3 Å². The van der Waals surface area contributed by atoms with Crippen LogP contribution in [0.15, 0.2) is 35.6 Å². The number of benzene rings is 1. The van der Waals surface area contributed by atoms with Crippen molar-refractivity contribution in [3.05, 3.63) is 52.3 Å². The minimum atomic E-state index is -4.07. The zero-order valence-corrected chi connectivity index (χ0v) is 11.4. The van der Waals surface area contributed by atoms with E-state index in [2.05, 4.69) is 14.7 Å². The lowest BCUT2D eigenvalue weighted by atomic mass is 10.3. The number of sulfonamides is 1. The number of aromatic amines is 1. The SMILES string of the molecule is O=[N+]([O-])c1ccc(S(=O)(=O)NCCc2cnc[nH]2)c(F)c1. The molecule has 1 aromatic heterocycles. The molecule has 10 heteroatoms. The van der Waals surface area contributed by atoms with Crippen molar-refractivity contribution in [2.45, 2.75) is 11.3 Å². The van der Waals surface area contributed by atoms with Crippen molar-refractivity contribution < 1.29 is 17.7 Å². The molecule has 2 N–H and O–H groups in total. The van der Waals surface area contributed by atoms with Crippen LogP contribution in [0.25, 0.3) is 0 Å². The quantitative estimate of drug-likeness (QED) is 0.608. The predicted molar refractivity (Wildman–Crippen MR) is 70.5 cm³/mol. The lowest BCUT2D eigenvalue weighted by Crippen LogP contribution is -2.26. The van der Waals surface area contributed by atoms with Gasteiger partial charge in [0.05, 0.1) is 17.3 Å². The van der Waals surface area contributed by atoms with Crippen LogP contribution >= 0.6 is 0 Å². The molecule has 112 valence electrons. The van der Waals surface area contributed by atoms with Gasteiger partial charge in [-0.15, -0.1) is 0 Å². The number of rotatable bonds is 6. The van der Waals surface area contributed by atoms with Gasteiger partial charge in [0.15, 0.2) is 0 Å². The summed E-state index contributed by atoms with van der Waals surface area (Å²) in [4.78, 5) is 15.6. The highest BCUT2D eigenvalue weighted by Crippen LogP contribution is 2.20. The Labute approximate surface area is 119 Å². The molecule has 2 rings (SSSR count). The molecular weight excluding hydrogens is 303 g/mol. The first-order valence-electron chi connectivity index (χ1n) is 5.81. The number of halogens is 1. The highest BCUT2D eigenvalue weighted by atomic mass is 32.2. The zero-order chi connectivity index (χ0) is 15.5. The minimum Gasteiger partial charge on any atom is -0.348 e. The number of H-pyrrole nitrogens is 1. The second-order valence-electron chi connectivity index (χ2n) is 4.10. The van der Waals surface area contributed by atoms with Gasteiger partial charge >= 0.3 is 0 Å². The van der Waals surface area contributed by atoms with Crippen molar-refractivity contribution >= 4 is 15.7 Å².